The van der Waals surface area contributed by atoms with Gasteiger partial charge in [-0.05, 0) is 18.1 Å². The third-order valence-corrected chi connectivity index (χ3v) is 6.27. The summed E-state index contributed by atoms with van der Waals surface area (Å²) in [6.07, 6.45) is 0.432. The van der Waals surface area contributed by atoms with E-state index in [1.165, 1.54) is 4.57 Å². The summed E-state index contributed by atoms with van der Waals surface area (Å²) < 4.78 is 26.3. The van der Waals surface area contributed by atoms with Gasteiger partial charge in [0.15, 0.2) is 6.29 Å². The highest BCUT2D eigenvalue weighted by molar-refractivity contribution is 5.14. The molecule has 0 radical (unpaired) electrons. The fraction of sp³-hybridized carbons (Fsp3) is 0.385. The first-order valence-electron chi connectivity index (χ1n) is 11.5. The molecular weight excluding hydrogens is 436 g/mol. The van der Waals surface area contributed by atoms with E-state index in [1.807, 2.05) is 60.7 Å². The lowest BCUT2D eigenvalue weighted by atomic mass is 10.1. The minimum Gasteiger partial charge on any atom is -0.368 e. The number of benzene rings is 2. The van der Waals surface area contributed by atoms with Crippen LogP contribution in [0, 0.1) is 6.92 Å². The van der Waals surface area contributed by atoms with Crippen LogP contribution < -0.4 is 11.2 Å². The van der Waals surface area contributed by atoms with Crippen molar-refractivity contribution in [3.63, 3.8) is 0 Å². The van der Waals surface area contributed by atoms with E-state index in [-0.39, 0.29) is 24.3 Å². The Kier molecular flexibility index (Phi) is 6.73. The molecule has 8 nitrogen and oxygen atoms in total. The molecule has 2 aromatic carbocycles. The molecule has 2 aliphatic heterocycles. The molecule has 2 aliphatic rings. The van der Waals surface area contributed by atoms with Gasteiger partial charge in [0.1, 0.15) is 18.3 Å². The molecule has 178 valence electrons. The maximum atomic E-state index is 12.3. The average Bonchev–Trinajstić information content (AvgIpc) is 3.38. The van der Waals surface area contributed by atoms with Crippen molar-refractivity contribution in [1.82, 2.24) is 9.55 Å². The number of aromatic nitrogens is 2. The number of fused-ring (bicyclic) bond motifs is 1. The highest BCUT2D eigenvalue weighted by Gasteiger charge is 2.52. The molecule has 3 heterocycles. The highest BCUT2D eigenvalue weighted by atomic mass is 16.7. The number of hydrogen-bond donors (Lipinski definition) is 1. The number of hydrogen-bond acceptors (Lipinski definition) is 6. The molecule has 5 rings (SSSR count). The molecule has 8 heteroatoms. The summed E-state index contributed by atoms with van der Waals surface area (Å²) in [6.45, 7) is 2.77. The predicted molar refractivity (Wildman–Crippen MR) is 124 cm³/mol. The Bertz CT molecular complexity index is 1210. The molecule has 0 saturated carbocycles. The average molecular weight is 465 g/mol. The van der Waals surface area contributed by atoms with Crippen LogP contribution in [0.5, 0.6) is 0 Å². The smallest absolute Gasteiger partial charge is 0.328 e. The van der Waals surface area contributed by atoms with Crippen LogP contribution in [0.25, 0.3) is 0 Å². The fourth-order valence-corrected chi connectivity index (χ4v) is 4.51. The van der Waals surface area contributed by atoms with E-state index in [2.05, 4.69) is 4.98 Å². The normalized spacial score (nSPS) is 26.0. The summed E-state index contributed by atoms with van der Waals surface area (Å²) >= 11 is 0. The lowest BCUT2D eigenvalue weighted by molar-refractivity contribution is -0.171. The van der Waals surface area contributed by atoms with Crippen molar-refractivity contribution in [3.05, 3.63) is 104 Å². The van der Waals surface area contributed by atoms with Gasteiger partial charge in [0.05, 0.1) is 25.9 Å². The molecule has 0 bridgehead atoms. The zero-order valence-corrected chi connectivity index (χ0v) is 19.0. The van der Waals surface area contributed by atoms with E-state index in [0.717, 1.165) is 11.1 Å². The van der Waals surface area contributed by atoms with Gasteiger partial charge in [0, 0.05) is 18.2 Å². The monoisotopic (exact) mass is 464 g/mol. The minimum atomic E-state index is -0.469. The van der Waals surface area contributed by atoms with Crippen LogP contribution in [0.1, 0.15) is 23.1 Å². The topological polar surface area (TPSA) is 91.8 Å². The zero-order chi connectivity index (χ0) is 23.5. The summed E-state index contributed by atoms with van der Waals surface area (Å²) in [5.74, 6) is 0. The van der Waals surface area contributed by atoms with Crippen LogP contribution in [0.15, 0.2) is 76.4 Å². The lowest BCUT2D eigenvalue weighted by Crippen LogP contribution is -2.41. The molecule has 0 amide bonds. The second-order valence-electron chi connectivity index (χ2n) is 8.76. The summed E-state index contributed by atoms with van der Waals surface area (Å²) in [4.78, 5) is 26.4. The van der Waals surface area contributed by atoms with Crippen LogP contribution in [-0.2, 0) is 38.7 Å². The molecule has 3 aromatic rings. The minimum absolute atomic E-state index is 0.203. The third kappa shape index (κ3) is 5.05. The Hall–Kier alpha value is -3.04. The summed E-state index contributed by atoms with van der Waals surface area (Å²) in [7, 11) is 0. The number of nitrogens with one attached hydrogen (secondary N) is 1. The maximum absolute atomic E-state index is 12.3. The van der Waals surface area contributed by atoms with E-state index in [0.29, 0.717) is 25.2 Å². The first kappa shape index (κ1) is 22.7. The molecule has 2 saturated heterocycles. The number of nitrogens with zero attached hydrogens (tertiary/aromatic N) is 1. The lowest BCUT2D eigenvalue weighted by Gasteiger charge is -2.25. The van der Waals surface area contributed by atoms with E-state index in [4.69, 9.17) is 18.9 Å². The second kappa shape index (κ2) is 10.1. The standard InChI is InChI=1S/C26H28N2O6/c1-17-13-28(26(30)27-25(17)29)14-21-23(32-16-19-10-6-3-7-11-19)24-20(33-21)12-22(34-24)31-15-18-8-4-2-5-9-18/h2-11,13,20-24H,12,14-16H2,1H3,(H,27,29,30)/t20-,21-,22?,23-,24+/m1/s1. The van der Waals surface area contributed by atoms with Crippen LogP contribution >= 0.6 is 0 Å². The van der Waals surface area contributed by atoms with Crippen molar-refractivity contribution < 1.29 is 18.9 Å². The Labute approximate surface area is 197 Å². The van der Waals surface area contributed by atoms with Crippen molar-refractivity contribution in [1.29, 1.82) is 0 Å². The van der Waals surface area contributed by atoms with Crippen molar-refractivity contribution in [2.45, 2.75) is 63.8 Å². The maximum Gasteiger partial charge on any atom is 0.328 e. The Morgan fingerprint density at radius 2 is 1.59 bits per heavy atom. The van der Waals surface area contributed by atoms with Gasteiger partial charge in [0.2, 0.25) is 0 Å². The number of rotatable bonds is 8. The van der Waals surface area contributed by atoms with E-state index >= 15 is 0 Å². The quantitative estimate of drug-likeness (QED) is 0.551. The molecular formula is C26H28N2O6. The number of H-pyrrole nitrogens is 1. The van der Waals surface area contributed by atoms with Gasteiger partial charge in [-0.2, -0.15) is 0 Å². The fourth-order valence-electron chi connectivity index (χ4n) is 4.51. The first-order valence-corrected chi connectivity index (χ1v) is 11.5. The largest absolute Gasteiger partial charge is 0.368 e. The van der Waals surface area contributed by atoms with Crippen molar-refractivity contribution in [3.8, 4) is 0 Å². The Morgan fingerprint density at radius 3 is 2.26 bits per heavy atom. The molecule has 2 fully saturated rings. The number of ether oxygens (including phenoxy) is 4. The zero-order valence-electron chi connectivity index (χ0n) is 19.0. The van der Waals surface area contributed by atoms with Gasteiger partial charge in [-0.3, -0.25) is 14.3 Å². The summed E-state index contributed by atoms with van der Waals surface area (Å²) in [5.41, 5.74) is 1.72. The van der Waals surface area contributed by atoms with E-state index in [1.54, 1.807) is 13.1 Å². The predicted octanol–water partition coefficient (Wildman–Crippen LogP) is 2.53. The summed E-state index contributed by atoms with van der Waals surface area (Å²) in [5, 5.41) is 0. The Morgan fingerprint density at radius 1 is 0.941 bits per heavy atom. The number of aryl methyl sites for hydroxylation is 1. The molecule has 1 unspecified atom stereocenters. The molecule has 0 spiro atoms. The van der Waals surface area contributed by atoms with Gasteiger partial charge < -0.3 is 18.9 Å². The molecule has 1 aromatic heterocycles. The van der Waals surface area contributed by atoms with Gasteiger partial charge in [-0.1, -0.05) is 60.7 Å². The molecule has 1 N–H and O–H groups in total. The first-order chi connectivity index (χ1) is 16.6. The van der Waals surface area contributed by atoms with E-state index < -0.39 is 24.2 Å². The van der Waals surface area contributed by atoms with Gasteiger partial charge in [-0.15, -0.1) is 0 Å². The van der Waals surface area contributed by atoms with Crippen molar-refractivity contribution >= 4 is 0 Å². The van der Waals surface area contributed by atoms with Crippen LogP contribution in [0.3, 0.4) is 0 Å². The van der Waals surface area contributed by atoms with E-state index in [9.17, 15) is 9.59 Å². The molecule has 0 aliphatic carbocycles. The SMILES string of the molecule is Cc1cn(C[C@H]2O[C@@H]3CC(OCc4ccccc4)O[C@@H]3[C@@H]2OCc2ccccc2)c(=O)[nH]c1=O. The van der Waals surface area contributed by atoms with Crippen LogP contribution in [0.4, 0.5) is 0 Å². The van der Waals surface area contributed by atoms with Crippen molar-refractivity contribution in [2.24, 2.45) is 0 Å². The van der Waals surface area contributed by atoms with Crippen LogP contribution in [0.2, 0.25) is 0 Å². The van der Waals surface area contributed by atoms with Gasteiger partial charge in [0.25, 0.3) is 5.56 Å². The third-order valence-electron chi connectivity index (χ3n) is 6.27. The number of aromatic amines is 1. The van der Waals surface area contributed by atoms with Crippen LogP contribution in [-0.4, -0.2) is 40.3 Å². The molecule has 34 heavy (non-hydrogen) atoms. The Balaban J connectivity index is 1.29. The van der Waals surface area contributed by atoms with Crippen molar-refractivity contribution in [2.75, 3.05) is 0 Å². The molecule has 5 atom stereocenters. The van der Waals surface area contributed by atoms with Gasteiger partial charge in [-0.25, -0.2) is 4.79 Å². The summed E-state index contributed by atoms with van der Waals surface area (Å²) in [6, 6.07) is 19.8. The van der Waals surface area contributed by atoms with Gasteiger partial charge >= 0.3 is 5.69 Å². The second-order valence-corrected chi connectivity index (χ2v) is 8.76. The highest BCUT2D eigenvalue weighted by Crippen LogP contribution is 2.37.